The fraction of sp³-hybridized carbons (Fsp3) is 0.412. The SMILES string of the molecule is CC[C@@H](C(=O)NC1CCCCC1)N(Cc1ccccc1C)C(=O)CN(c1ccccc1OC)S(=O)(=O)c1ccc(OC)cc1. The Kier molecular flexibility index (Phi) is 11.3. The van der Waals surface area contributed by atoms with Gasteiger partial charge in [0.15, 0.2) is 0 Å². The number of hydrogen-bond acceptors (Lipinski definition) is 6. The lowest BCUT2D eigenvalue weighted by Crippen LogP contribution is -2.54. The van der Waals surface area contributed by atoms with Gasteiger partial charge >= 0.3 is 0 Å². The lowest BCUT2D eigenvalue weighted by atomic mass is 9.95. The van der Waals surface area contributed by atoms with Gasteiger partial charge in [-0.05, 0) is 73.7 Å². The van der Waals surface area contributed by atoms with Crippen LogP contribution in [0.1, 0.15) is 56.6 Å². The molecule has 4 rings (SSSR count). The first kappa shape index (κ1) is 32.9. The van der Waals surface area contributed by atoms with Crippen molar-refractivity contribution in [3.05, 3.63) is 83.9 Å². The summed E-state index contributed by atoms with van der Waals surface area (Å²) in [5.74, 6) is 0.0815. The topological polar surface area (TPSA) is 105 Å². The number of anilines is 1. The number of nitrogens with one attached hydrogen (secondary N) is 1. The molecule has 3 aromatic rings. The second kappa shape index (κ2) is 15.1. The summed E-state index contributed by atoms with van der Waals surface area (Å²) < 4.78 is 40.2. The van der Waals surface area contributed by atoms with Crippen molar-refractivity contribution in [1.29, 1.82) is 0 Å². The van der Waals surface area contributed by atoms with Crippen molar-refractivity contribution in [2.75, 3.05) is 25.1 Å². The molecule has 3 aromatic carbocycles. The largest absolute Gasteiger partial charge is 0.497 e. The molecular weight excluding hydrogens is 578 g/mol. The standard InChI is InChI=1S/C34H43N3O6S/c1-5-30(34(39)35-27-15-7-6-8-16-27)36(23-26-14-10-9-13-25(26)2)33(38)24-37(31-17-11-12-18-32(31)43-4)44(40,41)29-21-19-28(42-3)20-22-29/h9-14,17-22,27,30H,5-8,15-16,23-24H2,1-4H3,(H,35,39)/t30-/m0/s1. The quantitative estimate of drug-likeness (QED) is 0.272. The Morgan fingerprint density at radius 3 is 2.20 bits per heavy atom. The summed E-state index contributed by atoms with van der Waals surface area (Å²) in [6, 6.07) is 19.7. The molecule has 0 aromatic heterocycles. The van der Waals surface area contributed by atoms with Crippen LogP contribution in [-0.2, 0) is 26.2 Å². The van der Waals surface area contributed by atoms with Gasteiger partial charge in [0.05, 0.1) is 24.8 Å². The monoisotopic (exact) mass is 621 g/mol. The van der Waals surface area contributed by atoms with E-state index >= 15 is 0 Å². The van der Waals surface area contributed by atoms with Crippen molar-refractivity contribution in [3.8, 4) is 11.5 Å². The second-order valence-electron chi connectivity index (χ2n) is 11.1. The van der Waals surface area contributed by atoms with E-state index in [1.165, 1.54) is 31.3 Å². The van der Waals surface area contributed by atoms with Gasteiger partial charge in [-0.1, -0.05) is 62.6 Å². The van der Waals surface area contributed by atoms with Gasteiger partial charge in [-0.3, -0.25) is 13.9 Å². The van der Waals surface area contributed by atoms with Gasteiger partial charge in [-0.2, -0.15) is 0 Å². The first-order valence-electron chi connectivity index (χ1n) is 15.1. The van der Waals surface area contributed by atoms with Crippen LogP contribution in [0.3, 0.4) is 0 Å². The summed E-state index contributed by atoms with van der Waals surface area (Å²) in [6.45, 7) is 3.45. The predicted octanol–water partition coefficient (Wildman–Crippen LogP) is 5.46. The molecule has 0 spiro atoms. The number of hydrogen-bond donors (Lipinski definition) is 1. The van der Waals surface area contributed by atoms with E-state index < -0.39 is 28.5 Å². The molecule has 1 N–H and O–H groups in total. The van der Waals surface area contributed by atoms with E-state index in [1.807, 2.05) is 38.1 Å². The molecule has 10 heteroatoms. The van der Waals surface area contributed by atoms with Crippen molar-refractivity contribution >= 4 is 27.5 Å². The number of carbonyl (C=O) groups is 2. The first-order chi connectivity index (χ1) is 21.2. The van der Waals surface area contributed by atoms with E-state index in [4.69, 9.17) is 9.47 Å². The molecule has 0 radical (unpaired) electrons. The van der Waals surface area contributed by atoms with Gasteiger partial charge in [-0.25, -0.2) is 8.42 Å². The Balaban J connectivity index is 1.74. The van der Waals surface area contributed by atoms with Gasteiger partial charge in [0.1, 0.15) is 24.1 Å². The van der Waals surface area contributed by atoms with E-state index in [9.17, 15) is 18.0 Å². The summed E-state index contributed by atoms with van der Waals surface area (Å²) in [6.07, 6.45) is 5.47. The van der Waals surface area contributed by atoms with Crippen LogP contribution in [0.4, 0.5) is 5.69 Å². The van der Waals surface area contributed by atoms with Crippen molar-refractivity contribution in [3.63, 3.8) is 0 Å². The summed E-state index contributed by atoms with van der Waals surface area (Å²) >= 11 is 0. The zero-order valence-electron chi connectivity index (χ0n) is 26.0. The maximum absolute atomic E-state index is 14.4. The number of rotatable bonds is 13. The van der Waals surface area contributed by atoms with Crippen molar-refractivity contribution in [2.24, 2.45) is 0 Å². The molecule has 1 fully saturated rings. The van der Waals surface area contributed by atoms with Gasteiger partial charge < -0.3 is 19.7 Å². The van der Waals surface area contributed by atoms with Crippen LogP contribution in [0.25, 0.3) is 0 Å². The highest BCUT2D eigenvalue weighted by molar-refractivity contribution is 7.92. The Morgan fingerprint density at radius 2 is 1.57 bits per heavy atom. The highest BCUT2D eigenvalue weighted by Crippen LogP contribution is 2.33. The number of aryl methyl sites for hydroxylation is 1. The van der Waals surface area contributed by atoms with Crippen molar-refractivity contribution in [2.45, 2.75) is 75.9 Å². The van der Waals surface area contributed by atoms with Crippen molar-refractivity contribution in [1.82, 2.24) is 10.2 Å². The van der Waals surface area contributed by atoms with Crippen LogP contribution in [0.2, 0.25) is 0 Å². The van der Waals surface area contributed by atoms with Crippen LogP contribution in [0, 0.1) is 6.92 Å². The van der Waals surface area contributed by atoms with E-state index in [0.29, 0.717) is 17.9 Å². The Labute approximate surface area is 261 Å². The van der Waals surface area contributed by atoms with Gasteiger partial charge in [0.25, 0.3) is 10.0 Å². The Morgan fingerprint density at radius 1 is 0.909 bits per heavy atom. The third kappa shape index (κ3) is 7.72. The highest BCUT2D eigenvalue weighted by Gasteiger charge is 2.35. The van der Waals surface area contributed by atoms with Gasteiger partial charge in [-0.15, -0.1) is 0 Å². The average molecular weight is 622 g/mol. The molecule has 0 unspecified atom stereocenters. The summed E-state index contributed by atoms with van der Waals surface area (Å²) in [4.78, 5) is 29.6. The Hall–Kier alpha value is -4.05. The summed E-state index contributed by atoms with van der Waals surface area (Å²) in [5.41, 5.74) is 2.07. The molecule has 0 heterocycles. The van der Waals surface area contributed by atoms with Crippen LogP contribution >= 0.6 is 0 Å². The predicted molar refractivity (Wildman–Crippen MR) is 171 cm³/mol. The maximum atomic E-state index is 14.4. The maximum Gasteiger partial charge on any atom is 0.264 e. The van der Waals surface area contributed by atoms with Crippen molar-refractivity contribution < 1.29 is 27.5 Å². The lowest BCUT2D eigenvalue weighted by Gasteiger charge is -2.35. The van der Waals surface area contributed by atoms with Crippen LogP contribution < -0.4 is 19.1 Å². The molecule has 0 bridgehead atoms. The number of methoxy groups -OCH3 is 2. The van der Waals surface area contributed by atoms with Crippen LogP contribution in [0.5, 0.6) is 11.5 Å². The number of sulfonamides is 1. The number of amides is 2. The molecule has 0 aliphatic heterocycles. The molecular formula is C34H43N3O6S. The number of benzene rings is 3. The minimum Gasteiger partial charge on any atom is -0.497 e. The number of para-hydroxylation sites is 2. The fourth-order valence-corrected chi connectivity index (χ4v) is 7.08. The smallest absolute Gasteiger partial charge is 0.264 e. The van der Waals surface area contributed by atoms with E-state index in [-0.39, 0.29) is 29.1 Å². The second-order valence-corrected chi connectivity index (χ2v) is 12.9. The number of nitrogens with zero attached hydrogens (tertiary/aromatic N) is 2. The number of carbonyl (C=O) groups excluding carboxylic acids is 2. The zero-order valence-corrected chi connectivity index (χ0v) is 26.8. The minimum absolute atomic E-state index is 0.00968. The fourth-order valence-electron chi connectivity index (χ4n) is 5.66. The third-order valence-electron chi connectivity index (χ3n) is 8.22. The van der Waals surface area contributed by atoms with E-state index in [1.54, 1.807) is 36.4 Å². The molecule has 0 saturated heterocycles. The molecule has 44 heavy (non-hydrogen) atoms. The van der Waals surface area contributed by atoms with E-state index in [2.05, 4.69) is 5.32 Å². The highest BCUT2D eigenvalue weighted by atomic mass is 32.2. The Bertz CT molecular complexity index is 1520. The molecule has 1 atom stereocenters. The average Bonchev–Trinajstić information content (AvgIpc) is 3.04. The van der Waals surface area contributed by atoms with Gasteiger partial charge in [0, 0.05) is 12.6 Å². The third-order valence-corrected chi connectivity index (χ3v) is 9.99. The van der Waals surface area contributed by atoms with Crippen LogP contribution in [-0.4, -0.2) is 58.0 Å². The lowest BCUT2D eigenvalue weighted by molar-refractivity contribution is -0.140. The molecule has 236 valence electrons. The molecule has 1 aliphatic carbocycles. The van der Waals surface area contributed by atoms with Gasteiger partial charge in [0.2, 0.25) is 11.8 Å². The summed E-state index contributed by atoms with van der Waals surface area (Å²) in [7, 11) is -1.30. The van der Waals surface area contributed by atoms with E-state index in [0.717, 1.165) is 47.5 Å². The normalized spacial score (nSPS) is 14.4. The first-order valence-corrected chi connectivity index (χ1v) is 16.6. The molecule has 9 nitrogen and oxygen atoms in total. The minimum atomic E-state index is -4.25. The molecule has 1 aliphatic rings. The molecule has 2 amide bonds. The summed E-state index contributed by atoms with van der Waals surface area (Å²) in [5, 5.41) is 3.18. The molecule has 1 saturated carbocycles. The van der Waals surface area contributed by atoms with Crippen LogP contribution in [0.15, 0.2) is 77.7 Å². The number of ether oxygens (including phenoxy) is 2. The zero-order chi connectivity index (χ0) is 31.7.